The standard InChI is InChI=1S/C10H14N4OS/c1-7-3-4-8(15-7)6-16-10-13-12-9(5-11)14(10)2/h3-4H,5-6,11H2,1-2H3. The summed E-state index contributed by atoms with van der Waals surface area (Å²) in [5.41, 5.74) is 5.52. The van der Waals surface area contributed by atoms with Crippen molar-refractivity contribution in [2.45, 2.75) is 24.4 Å². The molecule has 0 aliphatic heterocycles. The molecule has 0 aliphatic carbocycles. The van der Waals surface area contributed by atoms with Gasteiger partial charge >= 0.3 is 0 Å². The van der Waals surface area contributed by atoms with Crippen molar-refractivity contribution in [2.24, 2.45) is 12.8 Å². The molecule has 2 heterocycles. The van der Waals surface area contributed by atoms with Gasteiger partial charge in [0.2, 0.25) is 0 Å². The Labute approximate surface area is 98.0 Å². The summed E-state index contributed by atoms with van der Waals surface area (Å²) >= 11 is 1.59. The topological polar surface area (TPSA) is 69.9 Å². The Balaban J connectivity index is 2.02. The van der Waals surface area contributed by atoms with Crippen LogP contribution in [0, 0.1) is 6.92 Å². The van der Waals surface area contributed by atoms with Gasteiger partial charge in [0.15, 0.2) is 5.16 Å². The van der Waals surface area contributed by atoms with Crippen LogP contribution in [0.15, 0.2) is 21.7 Å². The second kappa shape index (κ2) is 4.71. The van der Waals surface area contributed by atoms with E-state index in [0.29, 0.717) is 6.54 Å². The van der Waals surface area contributed by atoms with Gasteiger partial charge in [-0.05, 0) is 19.1 Å². The van der Waals surface area contributed by atoms with Crippen LogP contribution in [0.5, 0.6) is 0 Å². The molecule has 0 aliphatic rings. The summed E-state index contributed by atoms with van der Waals surface area (Å²) in [7, 11) is 1.91. The van der Waals surface area contributed by atoms with Gasteiger partial charge in [0, 0.05) is 7.05 Å². The Hall–Kier alpha value is -1.27. The van der Waals surface area contributed by atoms with Crippen molar-refractivity contribution in [1.82, 2.24) is 14.8 Å². The van der Waals surface area contributed by atoms with Crippen molar-refractivity contribution >= 4 is 11.8 Å². The van der Waals surface area contributed by atoms with E-state index in [9.17, 15) is 0 Å². The van der Waals surface area contributed by atoms with E-state index in [1.807, 2.05) is 30.7 Å². The van der Waals surface area contributed by atoms with Gasteiger partial charge < -0.3 is 14.7 Å². The molecule has 0 unspecified atom stereocenters. The summed E-state index contributed by atoms with van der Waals surface area (Å²) < 4.78 is 7.38. The predicted molar refractivity (Wildman–Crippen MR) is 61.9 cm³/mol. The van der Waals surface area contributed by atoms with Crippen LogP contribution in [0.25, 0.3) is 0 Å². The first kappa shape index (κ1) is 11.2. The van der Waals surface area contributed by atoms with Crippen LogP contribution in [0.4, 0.5) is 0 Å². The fourth-order valence-electron chi connectivity index (χ4n) is 1.35. The fourth-order valence-corrected chi connectivity index (χ4v) is 2.17. The van der Waals surface area contributed by atoms with Crippen molar-refractivity contribution in [3.8, 4) is 0 Å². The van der Waals surface area contributed by atoms with E-state index < -0.39 is 0 Å². The minimum atomic E-state index is 0.407. The SMILES string of the molecule is Cc1ccc(CSc2nnc(CN)n2C)o1. The lowest BCUT2D eigenvalue weighted by Crippen LogP contribution is -2.05. The Morgan fingerprint density at radius 1 is 1.44 bits per heavy atom. The molecule has 0 fully saturated rings. The number of nitrogens with zero attached hydrogens (tertiary/aromatic N) is 3. The van der Waals surface area contributed by atoms with E-state index in [-0.39, 0.29) is 0 Å². The number of aromatic nitrogens is 3. The molecular formula is C10H14N4OS. The molecular weight excluding hydrogens is 224 g/mol. The van der Waals surface area contributed by atoms with Crippen LogP contribution >= 0.6 is 11.8 Å². The highest BCUT2D eigenvalue weighted by Crippen LogP contribution is 2.21. The van der Waals surface area contributed by atoms with Gasteiger partial charge in [-0.25, -0.2) is 0 Å². The summed E-state index contributed by atoms with van der Waals surface area (Å²) in [4.78, 5) is 0. The Kier molecular flexibility index (Phi) is 3.31. The molecule has 2 N–H and O–H groups in total. The second-order valence-corrected chi connectivity index (χ2v) is 4.41. The van der Waals surface area contributed by atoms with Crippen LogP contribution in [0.2, 0.25) is 0 Å². The molecule has 5 nitrogen and oxygen atoms in total. The molecule has 2 rings (SSSR count). The van der Waals surface area contributed by atoms with Crippen LogP contribution in [-0.2, 0) is 19.3 Å². The smallest absolute Gasteiger partial charge is 0.191 e. The normalized spacial score (nSPS) is 10.9. The summed E-state index contributed by atoms with van der Waals surface area (Å²) in [6.07, 6.45) is 0. The van der Waals surface area contributed by atoms with E-state index >= 15 is 0 Å². The number of rotatable bonds is 4. The van der Waals surface area contributed by atoms with Crippen LogP contribution in [0.1, 0.15) is 17.3 Å². The Morgan fingerprint density at radius 2 is 2.25 bits per heavy atom. The van der Waals surface area contributed by atoms with E-state index in [2.05, 4.69) is 10.2 Å². The van der Waals surface area contributed by atoms with Gasteiger partial charge in [-0.1, -0.05) is 11.8 Å². The van der Waals surface area contributed by atoms with Crippen molar-refractivity contribution in [3.05, 3.63) is 29.5 Å². The minimum absolute atomic E-state index is 0.407. The quantitative estimate of drug-likeness (QED) is 0.817. The summed E-state index contributed by atoms with van der Waals surface area (Å²) in [5.74, 6) is 3.42. The van der Waals surface area contributed by atoms with E-state index in [0.717, 1.165) is 28.3 Å². The molecule has 0 radical (unpaired) electrons. The third kappa shape index (κ3) is 2.28. The minimum Gasteiger partial charge on any atom is -0.465 e. The lowest BCUT2D eigenvalue weighted by molar-refractivity contribution is 0.501. The second-order valence-electron chi connectivity index (χ2n) is 3.46. The maximum absolute atomic E-state index is 5.52. The maximum Gasteiger partial charge on any atom is 0.191 e. The molecule has 0 aromatic carbocycles. The Morgan fingerprint density at radius 3 is 2.81 bits per heavy atom. The van der Waals surface area contributed by atoms with Crippen molar-refractivity contribution < 1.29 is 4.42 Å². The zero-order chi connectivity index (χ0) is 11.5. The monoisotopic (exact) mass is 238 g/mol. The molecule has 0 saturated heterocycles. The highest BCUT2D eigenvalue weighted by atomic mass is 32.2. The summed E-state index contributed by atoms with van der Waals surface area (Å²) in [6, 6.07) is 3.93. The van der Waals surface area contributed by atoms with Crippen molar-refractivity contribution in [2.75, 3.05) is 0 Å². The zero-order valence-electron chi connectivity index (χ0n) is 9.30. The molecule has 0 atom stereocenters. The van der Waals surface area contributed by atoms with Crippen molar-refractivity contribution in [1.29, 1.82) is 0 Å². The summed E-state index contributed by atoms with van der Waals surface area (Å²) in [6.45, 7) is 2.34. The van der Waals surface area contributed by atoms with Gasteiger partial charge in [-0.15, -0.1) is 10.2 Å². The van der Waals surface area contributed by atoms with Crippen LogP contribution in [-0.4, -0.2) is 14.8 Å². The van der Waals surface area contributed by atoms with E-state index in [1.54, 1.807) is 11.8 Å². The third-order valence-electron chi connectivity index (χ3n) is 2.25. The van der Waals surface area contributed by atoms with E-state index in [4.69, 9.17) is 10.2 Å². The molecule has 2 aromatic rings. The Bertz CT molecular complexity index is 477. The number of thioether (sulfide) groups is 1. The van der Waals surface area contributed by atoms with Gasteiger partial charge in [0.1, 0.15) is 17.3 Å². The largest absolute Gasteiger partial charge is 0.465 e. The third-order valence-corrected chi connectivity index (χ3v) is 3.29. The van der Waals surface area contributed by atoms with Gasteiger partial charge in [-0.2, -0.15) is 0 Å². The molecule has 2 aromatic heterocycles. The number of aryl methyl sites for hydroxylation is 1. The van der Waals surface area contributed by atoms with Crippen LogP contribution < -0.4 is 5.73 Å². The lowest BCUT2D eigenvalue weighted by atomic mass is 10.5. The molecule has 0 spiro atoms. The zero-order valence-corrected chi connectivity index (χ0v) is 10.1. The average molecular weight is 238 g/mol. The molecule has 16 heavy (non-hydrogen) atoms. The highest BCUT2D eigenvalue weighted by molar-refractivity contribution is 7.98. The lowest BCUT2D eigenvalue weighted by Gasteiger charge is -2.00. The van der Waals surface area contributed by atoms with Gasteiger partial charge in [-0.3, -0.25) is 0 Å². The maximum atomic E-state index is 5.52. The summed E-state index contributed by atoms with van der Waals surface area (Å²) in [5, 5.41) is 8.91. The van der Waals surface area contributed by atoms with Crippen LogP contribution in [0.3, 0.4) is 0 Å². The van der Waals surface area contributed by atoms with Crippen molar-refractivity contribution in [3.63, 3.8) is 0 Å². The van der Waals surface area contributed by atoms with Gasteiger partial charge in [0.25, 0.3) is 0 Å². The number of furan rings is 1. The molecule has 6 heteroatoms. The fraction of sp³-hybridized carbons (Fsp3) is 0.400. The molecule has 0 amide bonds. The highest BCUT2D eigenvalue weighted by Gasteiger charge is 2.08. The molecule has 86 valence electrons. The number of hydrogen-bond acceptors (Lipinski definition) is 5. The first-order valence-corrected chi connectivity index (χ1v) is 5.95. The van der Waals surface area contributed by atoms with E-state index in [1.165, 1.54) is 0 Å². The molecule has 0 saturated carbocycles. The first-order valence-electron chi connectivity index (χ1n) is 4.97. The number of nitrogens with two attached hydrogens (primary N) is 1. The number of hydrogen-bond donors (Lipinski definition) is 1. The van der Waals surface area contributed by atoms with Gasteiger partial charge in [0.05, 0.1) is 12.3 Å². The predicted octanol–water partition coefficient (Wildman–Crippen LogP) is 1.47. The average Bonchev–Trinajstić information content (AvgIpc) is 2.83. The first-order chi connectivity index (χ1) is 7.70. The molecule has 0 bridgehead atoms.